The van der Waals surface area contributed by atoms with E-state index in [2.05, 4.69) is 25.7 Å². The Balaban J connectivity index is 1.28. The van der Waals surface area contributed by atoms with E-state index in [0.29, 0.717) is 11.8 Å². The number of aromatic nitrogens is 4. The van der Waals surface area contributed by atoms with Crippen LogP contribution in [0.5, 0.6) is 0 Å². The van der Waals surface area contributed by atoms with Gasteiger partial charge in [-0.1, -0.05) is 18.2 Å². The molecule has 1 amide bonds. The molecule has 2 fully saturated rings. The molecule has 7 nitrogen and oxygen atoms in total. The normalized spacial score (nSPS) is 19.3. The van der Waals surface area contributed by atoms with E-state index in [0.717, 1.165) is 37.5 Å². The Hall–Kier alpha value is -1.15. The highest BCUT2D eigenvalue weighted by Crippen LogP contribution is 2.36. The largest absolute Gasteiger partial charge is 0.355 e. The van der Waals surface area contributed by atoms with Crippen molar-refractivity contribution in [2.75, 3.05) is 31.9 Å². The van der Waals surface area contributed by atoms with Crippen molar-refractivity contribution in [3.8, 4) is 0 Å². The summed E-state index contributed by atoms with van der Waals surface area (Å²) < 4.78 is 1.84. The molecule has 22 heavy (non-hydrogen) atoms. The number of rotatable bonds is 8. The van der Waals surface area contributed by atoms with Gasteiger partial charge in [0.05, 0.1) is 11.8 Å². The number of carbonyl (C=O) groups is 1. The van der Waals surface area contributed by atoms with Gasteiger partial charge in [0.1, 0.15) is 0 Å². The third kappa shape index (κ3) is 4.67. The first-order chi connectivity index (χ1) is 10.8. The fourth-order valence-electron chi connectivity index (χ4n) is 2.72. The van der Waals surface area contributed by atoms with Crippen LogP contribution in [0.25, 0.3) is 0 Å². The number of nitrogens with zero attached hydrogens (tertiary/aromatic N) is 5. The molecule has 3 rings (SSSR count). The number of tetrazole rings is 1. The highest BCUT2D eigenvalue weighted by molar-refractivity contribution is 7.99. The monoisotopic (exact) mass is 324 g/mol. The summed E-state index contributed by atoms with van der Waals surface area (Å²) in [5.74, 6) is 0.450. The Morgan fingerprint density at radius 3 is 2.86 bits per heavy atom. The van der Waals surface area contributed by atoms with Crippen LogP contribution in [0.2, 0.25) is 0 Å². The molecule has 0 unspecified atom stereocenters. The quantitative estimate of drug-likeness (QED) is 0.570. The van der Waals surface area contributed by atoms with Crippen LogP contribution in [0.1, 0.15) is 44.6 Å². The maximum absolute atomic E-state index is 11.9. The van der Waals surface area contributed by atoms with Crippen molar-refractivity contribution in [2.45, 2.75) is 49.7 Å². The Labute approximate surface area is 135 Å². The molecule has 1 N–H and O–H groups in total. The Bertz CT molecular complexity index is 483. The molecule has 2 heterocycles. The maximum Gasteiger partial charge on any atom is 0.230 e. The SMILES string of the molecule is O=C(CSc1nnnn1C1CC1)NCCCN1CCCCC1. The van der Waals surface area contributed by atoms with Crippen molar-refractivity contribution in [1.82, 2.24) is 30.4 Å². The van der Waals surface area contributed by atoms with Gasteiger partial charge in [-0.25, -0.2) is 4.68 Å². The van der Waals surface area contributed by atoms with Crippen LogP contribution in [0.4, 0.5) is 0 Å². The molecule has 0 spiro atoms. The minimum absolute atomic E-state index is 0.0639. The number of hydrogen-bond donors (Lipinski definition) is 1. The lowest BCUT2D eigenvalue weighted by Crippen LogP contribution is -2.33. The van der Waals surface area contributed by atoms with E-state index in [9.17, 15) is 4.79 Å². The predicted octanol–water partition coefficient (Wildman–Crippen LogP) is 1.09. The van der Waals surface area contributed by atoms with E-state index in [1.54, 1.807) is 0 Å². The van der Waals surface area contributed by atoms with Crippen molar-refractivity contribution in [3.63, 3.8) is 0 Å². The van der Waals surface area contributed by atoms with Gasteiger partial charge in [-0.3, -0.25) is 4.79 Å². The molecule has 0 bridgehead atoms. The highest BCUT2D eigenvalue weighted by atomic mass is 32.2. The number of piperidine rings is 1. The molecule has 1 aliphatic carbocycles. The van der Waals surface area contributed by atoms with E-state index >= 15 is 0 Å². The van der Waals surface area contributed by atoms with Gasteiger partial charge >= 0.3 is 0 Å². The number of nitrogens with one attached hydrogen (secondary N) is 1. The Morgan fingerprint density at radius 1 is 1.27 bits per heavy atom. The van der Waals surface area contributed by atoms with E-state index in [-0.39, 0.29) is 5.91 Å². The average molecular weight is 324 g/mol. The fraction of sp³-hybridized carbons (Fsp3) is 0.857. The second kappa shape index (κ2) is 7.92. The summed E-state index contributed by atoms with van der Waals surface area (Å²) in [4.78, 5) is 14.4. The molecule has 1 saturated carbocycles. The highest BCUT2D eigenvalue weighted by Gasteiger charge is 2.28. The maximum atomic E-state index is 11.9. The first-order valence-corrected chi connectivity index (χ1v) is 9.21. The third-order valence-corrected chi connectivity index (χ3v) is 5.04. The molecule has 8 heteroatoms. The van der Waals surface area contributed by atoms with E-state index < -0.39 is 0 Å². The zero-order chi connectivity index (χ0) is 15.2. The molecule has 1 aromatic rings. The summed E-state index contributed by atoms with van der Waals surface area (Å²) in [7, 11) is 0. The summed E-state index contributed by atoms with van der Waals surface area (Å²) in [5, 5.41) is 15.4. The lowest BCUT2D eigenvalue weighted by Gasteiger charge is -2.26. The summed E-state index contributed by atoms with van der Waals surface area (Å²) in [6, 6.07) is 0.449. The van der Waals surface area contributed by atoms with Crippen LogP contribution in [-0.4, -0.2) is 62.9 Å². The van der Waals surface area contributed by atoms with Crippen LogP contribution < -0.4 is 5.32 Å². The van der Waals surface area contributed by atoms with Crippen LogP contribution in [0, 0.1) is 0 Å². The zero-order valence-corrected chi connectivity index (χ0v) is 13.7. The minimum Gasteiger partial charge on any atom is -0.355 e. The van der Waals surface area contributed by atoms with E-state index in [1.165, 1.54) is 44.1 Å². The second-order valence-corrected chi connectivity index (χ2v) is 6.97. The minimum atomic E-state index is 0.0639. The number of thioether (sulfide) groups is 1. The number of likely N-dealkylation sites (tertiary alicyclic amines) is 1. The summed E-state index contributed by atoms with van der Waals surface area (Å²) >= 11 is 1.42. The number of amides is 1. The lowest BCUT2D eigenvalue weighted by molar-refractivity contribution is -0.118. The fourth-order valence-corrected chi connectivity index (χ4v) is 3.50. The molecule has 0 atom stereocenters. The molecule has 1 saturated heterocycles. The van der Waals surface area contributed by atoms with Gasteiger partial charge in [-0.2, -0.15) is 0 Å². The van der Waals surface area contributed by atoms with Crippen molar-refractivity contribution in [1.29, 1.82) is 0 Å². The molecule has 0 aromatic carbocycles. The van der Waals surface area contributed by atoms with E-state index in [1.807, 2.05) is 4.68 Å². The van der Waals surface area contributed by atoms with Crippen LogP contribution in [-0.2, 0) is 4.79 Å². The van der Waals surface area contributed by atoms with E-state index in [4.69, 9.17) is 0 Å². The van der Waals surface area contributed by atoms with Gasteiger partial charge in [0.25, 0.3) is 0 Å². The third-order valence-electron chi connectivity index (χ3n) is 4.11. The molecule has 1 aliphatic heterocycles. The number of hydrogen-bond acceptors (Lipinski definition) is 6. The first-order valence-electron chi connectivity index (χ1n) is 8.22. The lowest BCUT2D eigenvalue weighted by atomic mass is 10.1. The van der Waals surface area contributed by atoms with Crippen molar-refractivity contribution in [2.24, 2.45) is 0 Å². The molecular formula is C14H24N6OS. The van der Waals surface area contributed by atoms with Gasteiger partial charge in [-0.05, 0) is 62.2 Å². The molecule has 0 radical (unpaired) electrons. The Kier molecular flexibility index (Phi) is 5.66. The number of carbonyl (C=O) groups excluding carboxylic acids is 1. The topological polar surface area (TPSA) is 75.9 Å². The van der Waals surface area contributed by atoms with Crippen molar-refractivity contribution >= 4 is 17.7 Å². The predicted molar refractivity (Wildman–Crippen MR) is 84.7 cm³/mol. The van der Waals surface area contributed by atoms with Crippen LogP contribution in [0.15, 0.2) is 5.16 Å². The zero-order valence-electron chi connectivity index (χ0n) is 12.9. The van der Waals surface area contributed by atoms with Crippen LogP contribution >= 0.6 is 11.8 Å². The van der Waals surface area contributed by atoms with Gasteiger partial charge < -0.3 is 10.2 Å². The van der Waals surface area contributed by atoms with Gasteiger partial charge in [0, 0.05) is 6.54 Å². The van der Waals surface area contributed by atoms with Crippen LogP contribution in [0.3, 0.4) is 0 Å². The smallest absolute Gasteiger partial charge is 0.230 e. The first kappa shape index (κ1) is 15.7. The summed E-state index contributed by atoms with van der Waals surface area (Å²) in [5.41, 5.74) is 0. The molecule has 2 aliphatic rings. The van der Waals surface area contributed by atoms with Gasteiger partial charge in [0.15, 0.2) is 0 Å². The second-order valence-electron chi connectivity index (χ2n) is 6.03. The van der Waals surface area contributed by atoms with Crippen molar-refractivity contribution in [3.05, 3.63) is 0 Å². The standard InChI is InChI=1S/C14H24N6OS/c21-13(15-7-4-10-19-8-2-1-3-9-19)11-22-14-16-17-18-20(14)12-5-6-12/h12H,1-11H2,(H,15,21). The molecule has 122 valence electrons. The summed E-state index contributed by atoms with van der Waals surface area (Å²) in [6.45, 7) is 4.28. The Morgan fingerprint density at radius 2 is 2.09 bits per heavy atom. The average Bonchev–Trinajstić information content (AvgIpc) is 3.29. The summed E-state index contributed by atoms with van der Waals surface area (Å²) in [6.07, 6.45) is 7.31. The van der Waals surface area contributed by atoms with Crippen molar-refractivity contribution < 1.29 is 4.79 Å². The van der Waals surface area contributed by atoms with Gasteiger partial charge in [0.2, 0.25) is 11.1 Å². The molecular weight excluding hydrogens is 300 g/mol. The van der Waals surface area contributed by atoms with Gasteiger partial charge in [-0.15, -0.1) is 5.10 Å². The molecule has 1 aromatic heterocycles.